The molecule has 0 heterocycles. The molecule has 0 radical (unpaired) electrons. The van der Waals surface area contributed by atoms with E-state index in [1.165, 1.54) is 14.2 Å². The lowest BCUT2D eigenvalue weighted by Crippen LogP contribution is -2.31. The van der Waals surface area contributed by atoms with Crippen molar-refractivity contribution in [3.05, 3.63) is 47.5 Å². The van der Waals surface area contributed by atoms with Gasteiger partial charge in [0.05, 0.1) is 25.4 Å². The van der Waals surface area contributed by atoms with Gasteiger partial charge in [-0.1, -0.05) is 32.0 Å². The predicted molar refractivity (Wildman–Crippen MR) is 82.6 cm³/mol. The second-order valence-corrected chi connectivity index (χ2v) is 5.05. The molecular formula is C17H20O6. The fourth-order valence-electron chi connectivity index (χ4n) is 1.88. The van der Waals surface area contributed by atoms with Gasteiger partial charge in [0, 0.05) is 6.08 Å². The summed E-state index contributed by atoms with van der Waals surface area (Å²) in [6.07, 6.45) is 0.0451. The van der Waals surface area contributed by atoms with Crippen LogP contribution in [0.25, 0.3) is 0 Å². The van der Waals surface area contributed by atoms with Crippen molar-refractivity contribution in [1.29, 1.82) is 0 Å². The smallest absolute Gasteiger partial charge is 0.338 e. The van der Waals surface area contributed by atoms with Gasteiger partial charge in [0.1, 0.15) is 6.10 Å². The van der Waals surface area contributed by atoms with E-state index < -0.39 is 24.0 Å². The van der Waals surface area contributed by atoms with Crippen molar-refractivity contribution >= 4 is 17.9 Å². The molecule has 1 atom stereocenters. The first-order valence-electron chi connectivity index (χ1n) is 7.04. The van der Waals surface area contributed by atoms with E-state index in [1.54, 1.807) is 44.2 Å². The first-order chi connectivity index (χ1) is 10.9. The Morgan fingerprint density at radius 2 is 1.61 bits per heavy atom. The lowest BCUT2D eigenvalue weighted by atomic mass is 9.98. The van der Waals surface area contributed by atoms with Crippen molar-refractivity contribution in [2.45, 2.75) is 20.0 Å². The van der Waals surface area contributed by atoms with Gasteiger partial charge in [-0.25, -0.2) is 14.4 Å². The zero-order valence-electron chi connectivity index (χ0n) is 13.6. The van der Waals surface area contributed by atoms with E-state index >= 15 is 0 Å². The summed E-state index contributed by atoms with van der Waals surface area (Å²) in [5.41, 5.74) is 0.277. The summed E-state index contributed by atoms with van der Waals surface area (Å²) in [5.74, 6) is -2.33. The summed E-state index contributed by atoms with van der Waals surface area (Å²) < 4.78 is 14.6. The van der Waals surface area contributed by atoms with Crippen molar-refractivity contribution in [3.63, 3.8) is 0 Å². The summed E-state index contributed by atoms with van der Waals surface area (Å²) in [6.45, 7) is 3.52. The number of ether oxygens (including phenoxy) is 3. The van der Waals surface area contributed by atoms with Gasteiger partial charge in [-0.2, -0.15) is 0 Å². The molecule has 23 heavy (non-hydrogen) atoms. The molecule has 6 nitrogen and oxygen atoms in total. The highest BCUT2D eigenvalue weighted by atomic mass is 16.6. The molecule has 124 valence electrons. The maximum absolute atomic E-state index is 12.2. The molecule has 0 amide bonds. The van der Waals surface area contributed by atoms with Gasteiger partial charge in [-0.15, -0.1) is 0 Å². The van der Waals surface area contributed by atoms with Crippen LogP contribution in [0.5, 0.6) is 0 Å². The Balaban J connectivity index is 3.11. The molecule has 1 aromatic carbocycles. The number of hydrogen-bond donors (Lipinski definition) is 0. The van der Waals surface area contributed by atoms with Crippen LogP contribution in [0.2, 0.25) is 0 Å². The largest absolute Gasteiger partial charge is 0.466 e. The number of hydrogen-bond acceptors (Lipinski definition) is 6. The third-order valence-electron chi connectivity index (χ3n) is 3.05. The fraction of sp³-hybridized carbons (Fsp3) is 0.353. The molecule has 0 saturated carbocycles. The summed E-state index contributed by atoms with van der Waals surface area (Å²) in [6, 6.07) is 8.37. The van der Waals surface area contributed by atoms with Crippen molar-refractivity contribution in [3.8, 4) is 0 Å². The third-order valence-corrected chi connectivity index (χ3v) is 3.05. The van der Waals surface area contributed by atoms with E-state index in [9.17, 15) is 14.4 Å². The van der Waals surface area contributed by atoms with Crippen LogP contribution in [-0.2, 0) is 23.8 Å². The van der Waals surface area contributed by atoms with Gasteiger partial charge >= 0.3 is 17.9 Å². The molecule has 0 saturated heterocycles. The summed E-state index contributed by atoms with van der Waals surface area (Å²) >= 11 is 0. The van der Waals surface area contributed by atoms with Crippen LogP contribution in [0.3, 0.4) is 0 Å². The van der Waals surface area contributed by atoms with E-state index in [0.717, 1.165) is 6.08 Å². The molecule has 0 bridgehead atoms. The number of rotatable bonds is 6. The minimum Gasteiger partial charge on any atom is -0.466 e. The topological polar surface area (TPSA) is 78.9 Å². The Kier molecular flexibility index (Phi) is 6.99. The summed E-state index contributed by atoms with van der Waals surface area (Å²) in [7, 11) is 2.37. The zero-order valence-corrected chi connectivity index (χ0v) is 13.6. The van der Waals surface area contributed by atoms with Crippen molar-refractivity contribution in [1.82, 2.24) is 0 Å². The van der Waals surface area contributed by atoms with Gasteiger partial charge in [0.15, 0.2) is 0 Å². The highest BCUT2D eigenvalue weighted by Gasteiger charge is 2.30. The van der Waals surface area contributed by atoms with Gasteiger partial charge in [0.25, 0.3) is 0 Å². The quantitative estimate of drug-likeness (QED) is 0.454. The molecule has 1 unspecified atom stereocenters. The summed E-state index contributed by atoms with van der Waals surface area (Å²) in [5, 5.41) is 0. The molecule has 0 aliphatic carbocycles. The molecule has 0 aromatic heterocycles. The second-order valence-electron chi connectivity index (χ2n) is 5.05. The molecule has 1 aromatic rings. The molecule has 1 rings (SSSR count). The molecular weight excluding hydrogens is 300 g/mol. The first-order valence-corrected chi connectivity index (χ1v) is 7.04. The average molecular weight is 320 g/mol. The predicted octanol–water partition coefficient (Wildman–Crippen LogP) is 2.14. The van der Waals surface area contributed by atoms with Crippen LogP contribution in [0.4, 0.5) is 0 Å². The van der Waals surface area contributed by atoms with Crippen LogP contribution in [0, 0.1) is 5.92 Å². The molecule has 0 aliphatic heterocycles. The lowest BCUT2D eigenvalue weighted by Gasteiger charge is -2.22. The number of benzene rings is 1. The summed E-state index contributed by atoms with van der Waals surface area (Å²) in [4.78, 5) is 35.6. The van der Waals surface area contributed by atoms with Crippen molar-refractivity contribution < 1.29 is 28.6 Å². The van der Waals surface area contributed by atoms with Gasteiger partial charge in [-0.05, 0) is 18.1 Å². The van der Waals surface area contributed by atoms with Crippen LogP contribution in [-0.4, -0.2) is 38.2 Å². The molecule has 0 fully saturated rings. The van der Waals surface area contributed by atoms with Gasteiger partial charge in [0.2, 0.25) is 0 Å². The van der Waals surface area contributed by atoms with Crippen LogP contribution >= 0.6 is 0 Å². The lowest BCUT2D eigenvalue weighted by molar-refractivity contribution is -0.139. The molecule has 0 N–H and O–H groups in total. The van der Waals surface area contributed by atoms with Crippen LogP contribution in [0.15, 0.2) is 42.0 Å². The Bertz CT molecular complexity index is 588. The third kappa shape index (κ3) is 5.25. The van der Waals surface area contributed by atoms with E-state index in [1.807, 2.05) is 0 Å². The average Bonchev–Trinajstić information content (AvgIpc) is 2.57. The fourth-order valence-corrected chi connectivity index (χ4v) is 1.88. The normalized spacial score (nSPS) is 12.5. The second kappa shape index (κ2) is 8.73. The minimum absolute atomic E-state index is 0.0707. The van der Waals surface area contributed by atoms with E-state index in [-0.39, 0.29) is 11.5 Å². The standard InChI is InChI=1S/C17H20O6/c1-11(2)15(13(17(20)22-4)10-14(18)21-3)23-16(19)12-8-6-5-7-9-12/h5-11,15H,1-4H3/b13-10+. The number of methoxy groups -OCH3 is 2. The molecule has 6 heteroatoms. The van der Waals surface area contributed by atoms with E-state index in [4.69, 9.17) is 4.74 Å². The molecule has 0 spiro atoms. The highest BCUT2D eigenvalue weighted by molar-refractivity contribution is 5.98. The molecule has 0 aliphatic rings. The SMILES string of the molecule is COC(=O)/C=C(/C(=O)OC)C(OC(=O)c1ccccc1)C(C)C. The van der Waals surface area contributed by atoms with Crippen LogP contribution < -0.4 is 0 Å². The Labute approximate surface area is 135 Å². The van der Waals surface area contributed by atoms with Gasteiger partial charge < -0.3 is 14.2 Å². The van der Waals surface area contributed by atoms with E-state index in [2.05, 4.69) is 9.47 Å². The maximum atomic E-state index is 12.2. The first kappa shape index (κ1) is 18.4. The van der Waals surface area contributed by atoms with Crippen molar-refractivity contribution in [2.24, 2.45) is 5.92 Å². The number of carbonyl (C=O) groups excluding carboxylic acids is 3. The minimum atomic E-state index is -0.936. The van der Waals surface area contributed by atoms with Crippen molar-refractivity contribution in [2.75, 3.05) is 14.2 Å². The highest BCUT2D eigenvalue weighted by Crippen LogP contribution is 2.20. The Morgan fingerprint density at radius 3 is 2.09 bits per heavy atom. The number of carbonyl (C=O) groups is 3. The maximum Gasteiger partial charge on any atom is 0.338 e. The Hall–Kier alpha value is -2.63. The van der Waals surface area contributed by atoms with Crippen LogP contribution in [0.1, 0.15) is 24.2 Å². The Morgan fingerprint density at radius 1 is 1.00 bits per heavy atom. The van der Waals surface area contributed by atoms with E-state index in [0.29, 0.717) is 5.56 Å². The number of esters is 3. The van der Waals surface area contributed by atoms with Gasteiger partial charge in [-0.3, -0.25) is 0 Å². The zero-order chi connectivity index (χ0) is 17.4. The monoisotopic (exact) mass is 320 g/mol.